The highest BCUT2D eigenvalue weighted by atomic mass is 35.5. The lowest BCUT2D eigenvalue weighted by Gasteiger charge is -2.31. The predicted molar refractivity (Wildman–Crippen MR) is 119 cm³/mol. The molecule has 162 valence electrons. The van der Waals surface area contributed by atoms with Crippen molar-refractivity contribution in [1.82, 2.24) is 4.31 Å². The fourth-order valence-corrected chi connectivity index (χ4v) is 5.47. The molecule has 0 radical (unpaired) electrons. The first-order valence-electron chi connectivity index (χ1n) is 9.41. The van der Waals surface area contributed by atoms with Crippen LogP contribution in [0.4, 0.5) is 5.69 Å². The number of sulfonamides is 1. The molecule has 1 atom stereocenters. The number of benzene rings is 2. The Kier molecular flexibility index (Phi) is 7.52. The van der Waals surface area contributed by atoms with Crippen molar-refractivity contribution in [2.75, 3.05) is 25.0 Å². The Morgan fingerprint density at radius 1 is 1.20 bits per heavy atom. The largest absolute Gasteiger partial charge is 0.492 e. The van der Waals surface area contributed by atoms with Crippen LogP contribution in [0.5, 0.6) is 5.75 Å². The smallest absolute Gasteiger partial charge is 0.243 e. The van der Waals surface area contributed by atoms with Crippen LogP contribution in [0.25, 0.3) is 0 Å². The minimum absolute atomic E-state index is 0.0647. The van der Waals surface area contributed by atoms with E-state index in [0.717, 1.165) is 0 Å². The molecule has 1 heterocycles. The van der Waals surface area contributed by atoms with Gasteiger partial charge in [-0.3, -0.25) is 4.79 Å². The van der Waals surface area contributed by atoms with E-state index in [1.165, 1.54) is 22.5 Å². The van der Waals surface area contributed by atoms with E-state index in [4.69, 9.17) is 39.5 Å². The zero-order valence-corrected chi connectivity index (χ0v) is 19.3. The van der Waals surface area contributed by atoms with Gasteiger partial charge >= 0.3 is 0 Å². The molecule has 1 aliphatic heterocycles. The van der Waals surface area contributed by atoms with Gasteiger partial charge in [-0.1, -0.05) is 40.9 Å². The summed E-state index contributed by atoms with van der Waals surface area (Å²) >= 11 is 18.3. The zero-order valence-electron chi connectivity index (χ0n) is 16.2. The number of nitrogens with one attached hydrogen (secondary N) is 1. The summed E-state index contributed by atoms with van der Waals surface area (Å²) in [6, 6.07) is 9.31. The second-order valence-corrected chi connectivity index (χ2v) is 9.95. The van der Waals surface area contributed by atoms with E-state index in [0.29, 0.717) is 42.5 Å². The van der Waals surface area contributed by atoms with Gasteiger partial charge in [0, 0.05) is 13.1 Å². The second kappa shape index (κ2) is 9.75. The summed E-state index contributed by atoms with van der Waals surface area (Å²) in [5, 5.41) is 3.55. The van der Waals surface area contributed by atoms with Gasteiger partial charge in [-0.25, -0.2) is 8.42 Å². The minimum Gasteiger partial charge on any atom is -0.492 e. The van der Waals surface area contributed by atoms with E-state index in [9.17, 15) is 13.2 Å². The van der Waals surface area contributed by atoms with Crippen LogP contribution in [0.1, 0.15) is 19.8 Å². The van der Waals surface area contributed by atoms with Crippen LogP contribution in [0, 0.1) is 5.92 Å². The molecule has 0 aromatic heterocycles. The average Bonchev–Trinajstić information content (AvgIpc) is 2.73. The summed E-state index contributed by atoms with van der Waals surface area (Å²) in [5.74, 6) is -0.391. The Morgan fingerprint density at radius 2 is 1.97 bits per heavy atom. The fourth-order valence-electron chi connectivity index (χ4n) is 3.27. The molecule has 0 aliphatic carbocycles. The number of hydrogen-bond donors (Lipinski definition) is 1. The van der Waals surface area contributed by atoms with Gasteiger partial charge in [-0.15, -0.1) is 0 Å². The van der Waals surface area contributed by atoms with E-state index >= 15 is 0 Å². The van der Waals surface area contributed by atoms with Crippen LogP contribution < -0.4 is 10.1 Å². The van der Waals surface area contributed by atoms with Crippen LogP contribution in [-0.2, 0) is 14.8 Å². The number of ether oxygens (including phenoxy) is 1. The van der Waals surface area contributed by atoms with Gasteiger partial charge in [0.2, 0.25) is 15.9 Å². The lowest BCUT2D eigenvalue weighted by atomic mass is 9.99. The molecule has 0 spiro atoms. The van der Waals surface area contributed by atoms with Crippen molar-refractivity contribution in [3.05, 3.63) is 51.5 Å². The van der Waals surface area contributed by atoms with E-state index in [2.05, 4.69) is 5.32 Å². The fraction of sp³-hybridized carbons (Fsp3) is 0.350. The number of nitrogens with zero attached hydrogens (tertiary/aromatic N) is 1. The molecule has 1 saturated heterocycles. The van der Waals surface area contributed by atoms with E-state index in [1.807, 2.05) is 6.92 Å². The van der Waals surface area contributed by atoms with E-state index in [-0.39, 0.29) is 27.4 Å². The second-order valence-electron chi connectivity index (χ2n) is 6.82. The standard InChI is InChI=1S/C20H21Cl3N2O4S/c1-2-29-18-9-8-14(11-16(18)22)30(27,28)25-10-4-5-13(12-25)20(26)24-17-7-3-6-15(21)19(17)23/h3,6-9,11,13H,2,4-5,10,12H2,1H3,(H,24,26)/t13-/m1/s1. The number of piperidine rings is 1. The molecule has 30 heavy (non-hydrogen) atoms. The van der Waals surface area contributed by atoms with Gasteiger partial charge in [-0.2, -0.15) is 4.31 Å². The van der Waals surface area contributed by atoms with Crippen molar-refractivity contribution in [3.8, 4) is 5.75 Å². The highest BCUT2D eigenvalue weighted by molar-refractivity contribution is 7.89. The highest BCUT2D eigenvalue weighted by Gasteiger charge is 2.34. The van der Waals surface area contributed by atoms with Crippen LogP contribution in [-0.4, -0.2) is 38.3 Å². The Morgan fingerprint density at radius 3 is 2.67 bits per heavy atom. The first kappa shape index (κ1) is 23.2. The summed E-state index contributed by atoms with van der Waals surface area (Å²) in [6.45, 7) is 2.63. The SMILES string of the molecule is CCOc1ccc(S(=O)(=O)N2CCC[C@@H](C(=O)Nc3cccc(Cl)c3Cl)C2)cc1Cl. The molecule has 6 nitrogen and oxygen atoms in total. The maximum atomic E-state index is 13.1. The zero-order chi connectivity index (χ0) is 21.9. The molecular formula is C20H21Cl3N2O4S. The van der Waals surface area contributed by atoms with Crippen molar-refractivity contribution < 1.29 is 17.9 Å². The van der Waals surface area contributed by atoms with Crippen molar-refractivity contribution in [2.45, 2.75) is 24.7 Å². The lowest BCUT2D eigenvalue weighted by molar-refractivity contribution is -0.120. The molecule has 1 N–H and O–H groups in total. The number of carbonyl (C=O) groups excluding carboxylic acids is 1. The maximum Gasteiger partial charge on any atom is 0.243 e. The predicted octanol–water partition coefficient (Wildman–Crippen LogP) is 5.08. The number of anilines is 1. The van der Waals surface area contributed by atoms with Crippen molar-refractivity contribution in [2.24, 2.45) is 5.92 Å². The molecule has 0 unspecified atom stereocenters. The number of hydrogen-bond acceptors (Lipinski definition) is 4. The summed E-state index contributed by atoms with van der Waals surface area (Å²) in [4.78, 5) is 12.8. The highest BCUT2D eigenvalue weighted by Crippen LogP contribution is 2.32. The maximum absolute atomic E-state index is 13.1. The number of amides is 1. The van der Waals surface area contributed by atoms with Crippen LogP contribution in [0.3, 0.4) is 0 Å². The quantitative estimate of drug-likeness (QED) is 0.611. The molecule has 0 bridgehead atoms. The van der Waals surface area contributed by atoms with Gasteiger partial charge in [0.25, 0.3) is 0 Å². The van der Waals surface area contributed by atoms with Gasteiger partial charge in [0.15, 0.2) is 0 Å². The third kappa shape index (κ3) is 5.03. The van der Waals surface area contributed by atoms with Gasteiger partial charge < -0.3 is 10.1 Å². The van der Waals surface area contributed by atoms with E-state index in [1.54, 1.807) is 18.2 Å². The summed E-state index contributed by atoms with van der Waals surface area (Å²) in [7, 11) is -3.80. The van der Waals surface area contributed by atoms with Crippen LogP contribution >= 0.6 is 34.8 Å². The Balaban J connectivity index is 1.75. The minimum atomic E-state index is -3.80. The molecular weight excluding hydrogens is 471 g/mol. The topological polar surface area (TPSA) is 75.7 Å². The molecule has 1 amide bonds. The third-order valence-corrected chi connectivity index (χ3v) is 7.78. The molecule has 0 saturated carbocycles. The Labute approximate surface area is 191 Å². The molecule has 1 aliphatic rings. The van der Waals surface area contributed by atoms with Crippen molar-refractivity contribution in [1.29, 1.82) is 0 Å². The van der Waals surface area contributed by atoms with Gasteiger partial charge in [-0.05, 0) is 50.1 Å². The first-order valence-corrected chi connectivity index (χ1v) is 12.0. The summed E-state index contributed by atoms with van der Waals surface area (Å²) in [5.41, 5.74) is 0.396. The number of rotatable bonds is 6. The Bertz CT molecular complexity index is 1050. The number of halogens is 3. The first-order chi connectivity index (χ1) is 14.2. The number of carbonyl (C=O) groups is 1. The Hall–Kier alpha value is -1.51. The van der Waals surface area contributed by atoms with Gasteiger partial charge in [0.1, 0.15) is 5.75 Å². The molecule has 10 heteroatoms. The van der Waals surface area contributed by atoms with Crippen LogP contribution in [0.2, 0.25) is 15.1 Å². The normalized spacial score (nSPS) is 17.5. The van der Waals surface area contributed by atoms with Crippen molar-refractivity contribution >= 4 is 56.4 Å². The van der Waals surface area contributed by atoms with Gasteiger partial charge in [0.05, 0.1) is 38.2 Å². The van der Waals surface area contributed by atoms with Crippen LogP contribution in [0.15, 0.2) is 41.3 Å². The molecule has 2 aromatic rings. The summed E-state index contributed by atoms with van der Waals surface area (Å²) in [6.07, 6.45) is 1.13. The third-order valence-electron chi connectivity index (χ3n) is 4.81. The molecule has 3 rings (SSSR count). The lowest BCUT2D eigenvalue weighted by Crippen LogP contribution is -2.43. The average molecular weight is 492 g/mol. The van der Waals surface area contributed by atoms with E-state index < -0.39 is 15.9 Å². The monoisotopic (exact) mass is 490 g/mol. The van der Waals surface area contributed by atoms with Crippen molar-refractivity contribution in [3.63, 3.8) is 0 Å². The molecule has 2 aromatic carbocycles. The summed E-state index contributed by atoms with van der Waals surface area (Å²) < 4.78 is 32.9. The molecule has 1 fully saturated rings.